The number of hydrogen-bond acceptors (Lipinski definition) is 6. The van der Waals surface area contributed by atoms with E-state index in [-0.39, 0.29) is 18.5 Å². The van der Waals surface area contributed by atoms with Gasteiger partial charge in [-0.15, -0.1) is 11.8 Å². The lowest BCUT2D eigenvalue weighted by atomic mass is 10.2. The Kier molecular flexibility index (Phi) is 4.39. The predicted molar refractivity (Wildman–Crippen MR) is 97.7 cm³/mol. The molecule has 0 saturated carbocycles. The molecule has 3 aromatic rings. The third-order valence-electron chi connectivity index (χ3n) is 3.83. The fourth-order valence-corrected chi connectivity index (χ4v) is 3.73. The van der Waals surface area contributed by atoms with E-state index >= 15 is 0 Å². The zero-order valence-corrected chi connectivity index (χ0v) is 14.2. The van der Waals surface area contributed by atoms with Crippen LogP contribution in [0.5, 0.6) is 0 Å². The molecule has 1 aliphatic rings. The van der Waals surface area contributed by atoms with E-state index < -0.39 is 0 Å². The van der Waals surface area contributed by atoms with Crippen LogP contribution in [-0.4, -0.2) is 34.7 Å². The number of nitrogens with zero attached hydrogens (tertiary/aromatic N) is 3. The molecule has 0 saturated heterocycles. The first-order valence-corrected chi connectivity index (χ1v) is 8.92. The molecule has 1 amide bonds. The number of amides is 1. The molecule has 25 heavy (non-hydrogen) atoms. The van der Waals surface area contributed by atoms with E-state index in [4.69, 9.17) is 4.42 Å². The molecular weight excluding hydrogens is 336 g/mol. The molecule has 0 aliphatic carbocycles. The number of carbonyl (C=O) groups is 1. The number of pyridine rings is 1. The van der Waals surface area contributed by atoms with Crippen molar-refractivity contribution in [1.82, 2.24) is 9.97 Å². The van der Waals surface area contributed by atoms with Crippen LogP contribution in [0.4, 0.5) is 11.7 Å². The van der Waals surface area contributed by atoms with Crippen molar-refractivity contribution in [2.75, 3.05) is 29.1 Å². The highest BCUT2D eigenvalue weighted by Crippen LogP contribution is 2.34. The van der Waals surface area contributed by atoms with Gasteiger partial charge in [0.05, 0.1) is 18.4 Å². The van der Waals surface area contributed by atoms with E-state index in [9.17, 15) is 4.79 Å². The van der Waals surface area contributed by atoms with Gasteiger partial charge >= 0.3 is 6.01 Å². The lowest BCUT2D eigenvalue weighted by Crippen LogP contribution is -2.36. The van der Waals surface area contributed by atoms with Gasteiger partial charge in [0.25, 0.3) is 0 Å². The van der Waals surface area contributed by atoms with Crippen molar-refractivity contribution in [3.05, 3.63) is 54.9 Å². The van der Waals surface area contributed by atoms with Gasteiger partial charge in [-0.3, -0.25) is 15.1 Å². The summed E-state index contributed by atoms with van der Waals surface area (Å²) in [6.45, 7) is 1.10. The van der Waals surface area contributed by atoms with Crippen LogP contribution in [0, 0.1) is 0 Å². The van der Waals surface area contributed by atoms with Gasteiger partial charge in [-0.1, -0.05) is 18.2 Å². The van der Waals surface area contributed by atoms with Crippen molar-refractivity contribution in [1.29, 1.82) is 0 Å². The smallest absolute Gasteiger partial charge is 0.302 e. The third-order valence-corrected chi connectivity index (χ3v) is 4.87. The van der Waals surface area contributed by atoms with Crippen molar-refractivity contribution in [2.24, 2.45) is 0 Å². The normalized spacial score (nSPS) is 13.4. The topological polar surface area (TPSA) is 71.3 Å². The minimum Gasteiger partial charge on any atom is -0.422 e. The molecule has 1 N–H and O–H groups in total. The summed E-state index contributed by atoms with van der Waals surface area (Å²) in [5.41, 5.74) is 1.77. The van der Waals surface area contributed by atoms with Crippen LogP contribution in [0.25, 0.3) is 11.5 Å². The van der Waals surface area contributed by atoms with Crippen LogP contribution in [-0.2, 0) is 4.79 Å². The molecule has 2 aromatic heterocycles. The molecule has 1 aromatic carbocycles. The maximum atomic E-state index is 12.4. The molecule has 4 rings (SSSR count). The Balaban J connectivity index is 1.43. The summed E-state index contributed by atoms with van der Waals surface area (Å²) in [6.07, 6.45) is 3.24. The highest BCUT2D eigenvalue weighted by Gasteiger charge is 2.20. The zero-order valence-electron chi connectivity index (χ0n) is 13.4. The molecule has 126 valence electrons. The van der Waals surface area contributed by atoms with Gasteiger partial charge in [0, 0.05) is 23.4 Å². The van der Waals surface area contributed by atoms with E-state index in [2.05, 4.69) is 26.3 Å². The van der Waals surface area contributed by atoms with Gasteiger partial charge < -0.3 is 9.32 Å². The fourth-order valence-electron chi connectivity index (χ4n) is 2.68. The quantitative estimate of drug-likeness (QED) is 0.777. The number of thioether (sulfide) groups is 1. The van der Waals surface area contributed by atoms with Crippen LogP contribution < -0.4 is 10.2 Å². The molecule has 3 heterocycles. The highest BCUT2D eigenvalue weighted by atomic mass is 32.2. The second kappa shape index (κ2) is 6.98. The molecule has 0 radical (unpaired) electrons. The summed E-state index contributed by atoms with van der Waals surface area (Å²) in [5.74, 6) is 1.33. The van der Waals surface area contributed by atoms with E-state index in [1.54, 1.807) is 12.4 Å². The van der Waals surface area contributed by atoms with Gasteiger partial charge in [0.1, 0.15) is 5.69 Å². The van der Waals surface area contributed by atoms with Gasteiger partial charge in [-0.25, -0.2) is 4.98 Å². The number of carbonyl (C=O) groups excluding carboxylic acids is 1. The zero-order chi connectivity index (χ0) is 17.1. The second-order valence-corrected chi connectivity index (χ2v) is 6.67. The van der Waals surface area contributed by atoms with Crippen molar-refractivity contribution in [2.45, 2.75) is 4.90 Å². The van der Waals surface area contributed by atoms with Crippen LogP contribution in [0.3, 0.4) is 0 Å². The lowest BCUT2D eigenvalue weighted by Gasteiger charge is -2.29. The Bertz CT molecular complexity index is 882. The maximum absolute atomic E-state index is 12.4. The number of rotatable bonds is 4. The highest BCUT2D eigenvalue weighted by molar-refractivity contribution is 7.99. The van der Waals surface area contributed by atoms with E-state index in [0.717, 1.165) is 18.0 Å². The van der Waals surface area contributed by atoms with Gasteiger partial charge in [0.15, 0.2) is 5.76 Å². The van der Waals surface area contributed by atoms with Crippen LogP contribution in [0.2, 0.25) is 0 Å². The Hall–Kier alpha value is -2.80. The van der Waals surface area contributed by atoms with E-state index in [1.807, 2.05) is 48.2 Å². The fraction of sp³-hybridized carbons (Fsp3) is 0.167. The predicted octanol–water partition coefficient (Wildman–Crippen LogP) is 3.29. The van der Waals surface area contributed by atoms with Gasteiger partial charge in [0.2, 0.25) is 5.91 Å². The number of benzene rings is 1. The number of aromatic nitrogens is 2. The Labute approximate surface area is 149 Å². The summed E-state index contributed by atoms with van der Waals surface area (Å²) in [6, 6.07) is 13.8. The molecule has 0 bridgehead atoms. The van der Waals surface area contributed by atoms with Crippen LogP contribution in [0.1, 0.15) is 0 Å². The molecule has 0 spiro atoms. The standard InChI is InChI=1S/C18H16N4O2S/c23-17(12-22-9-10-25-16-7-2-1-6-14(16)22)21-18-20-11-15(24-18)13-5-3-4-8-19-13/h1-8,11H,9-10,12H2,(H,20,21,23). The maximum Gasteiger partial charge on any atom is 0.302 e. The number of para-hydroxylation sites is 1. The Morgan fingerprint density at radius 1 is 1.20 bits per heavy atom. The summed E-state index contributed by atoms with van der Waals surface area (Å²) >= 11 is 1.81. The molecule has 1 aliphatic heterocycles. The van der Waals surface area contributed by atoms with Gasteiger partial charge in [-0.05, 0) is 24.3 Å². The SMILES string of the molecule is O=C(CN1CCSc2ccccc21)Nc1ncc(-c2ccccn2)o1. The number of fused-ring (bicyclic) bond motifs is 1. The first kappa shape index (κ1) is 15.7. The number of anilines is 2. The second-order valence-electron chi connectivity index (χ2n) is 5.53. The van der Waals surface area contributed by atoms with Crippen molar-refractivity contribution in [3.63, 3.8) is 0 Å². The largest absolute Gasteiger partial charge is 0.422 e. The van der Waals surface area contributed by atoms with Gasteiger partial charge in [-0.2, -0.15) is 0 Å². The Morgan fingerprint density at radius 2 is 2.08 bits per heavy atom. The molecule has 6 nitrogen and oxygen atoms in total. The lowest BCUT2D eigenvalue weighted by molar-refractivity contribution is -0.115. The monoisotopic (exact) mass is 352 g/mol. The van der Waals surface area contributed by atoms with Crippen molar-refractivity contribution < 1.29 is 9.21 Å². The minimum absolute atomic E-state index is 0.156. The van der Waals surface area contributed by atoms with Crippen LogP contribution >= 0.6 is 11.8 Å². The van der Waals surface area contributed by atoms with Crippen molar-refractivity contribution >= 4 is 29.4 Å². The molecule has 0 atom stereocenters. The first-order valence-electron chi connectivity index (χ1n) is 7.93. The molecule has 0 unspecified atom stereocenters. The first-order chi connectivity index (χ1) is 12.3. The summed E-state index contributed by atoms with van der Waals surface area (Å²) in [5, 5.41) is 2.72. The molecular formula is C18H16N4O2S. The number of oxazole rings is 1. The average molecular weight is 352 g/mol. The summed E-state index contributed by atoms with van der Waals surface area (Å²) < 4.78 is 5.57. The van der Waals surface area contributed by atoms with E-state index in [0.29, 0.717) is 11.5 Å². The summed E-state index contributed by atoms with van der Waals surface area (Å²) in [7, 11) is 0. The van der Waals surface area contributed by atoms with Crippen LogP contribution in [0.15, 0.2) is 64.2 Å². The molecule has 7 heteroatoms. The number of hydrogen-bond donors (Lipinski definition) is 1. The van der Waals surface area contributed by atoms with E-state index in [1.165, 1.54) is 4.90 Å². The van der Waals surface area contributed by atoms with Crippen molar-refractivity contribution in [3.8, 4) is 11.5 Å². The molecule has 0 fully saturated rings. The Morgan fingerprint density at radius 3 is 2.96 bits per heavy atom. The number of nitrogens with one attached hydrogen (secondary N) is 1. The average Bonchev–Trinajstić information content (AvgIpc) is 3.11. The third kappa shape index (κ3) is 3.51. The summed E-state index contributed by atoms with van der Waals surface area (Å²) in [4.78, 5) is 23.9. The minimum atomic E-state index is -0.156.